The topological polar surface area (TPSA) is 152 Å². The molecule has 0 spiro atoms. The fraction of sp³-hybridized carbons (Fsp3) is 0.368. The molecule has 4 rings (SSSR count). The number of benzene rings is 1. The molecule has 1 saturated heterocycles. The van der Waals surface area contributed by atoms with Gasteiger partial charge in [0.05, 0.1) is 32.0 Å². The van der Waals surface area contributed by atoms with Crippen LogP contribution in [0.1, 0.15) is 17.7 Å². The highest BCUT2D eigenvalue weighted by atomic mass is 32.2. The normalized spacial score (nSPS) is 22.1. The first-order valence-electron chi connectivity index (χ1n) is 9.43. The van der Waals surface area contributed by atoms with Gasteiger partial charge in [-0.1, -0.05) is 12.1 Å². The predicted octanol–water partition coefficient (Wildman–Crippen LogP) is 0.267. The Kier molecular flexibility index (Phi) is 5.50. The quantitative estimate of drug-likeness (QED) is 0.542. The minimum Gasteiger partial charge on any atom is -0.497 e. The molecule has 1 amide bonds. The molecule has 1 fully saturated rings. The fourth-order valence-electron chi connectivity index (χ4n) is 3.71. The van der Waals surface area contributed by atoms with E-state index >= 15 is 0 Å². The number of carboxylic acids is 1. The number of aliphatic carboxylic acids is 1. The van der Waals surface area contributed by atoms with Crippen LogP contribution in [0.2, 0.25) is 0 Å². The highest BCUT2D eigenvalue weighted by Crippen LogP contribution is 2.41. The van der Waals surface area contributed by atoms with E-state index in [2.05, 4.69) is 15.4 Å². The van der Waals surface area contributed by atoms with E-state index in [1.54, 1.807) is 19.2 Å². The number of H-pyrrole nitrogens is 1. The lowest BCUT2D eigenvalue weighted by atomic mass is 10.0. The smallest absolute Gasteiger partial charge is 0.352 e. The second kappa shape index (κ2) is 8.12. The molecule has 31 heavy (non-hydrogen) atoms. The first kappa shape index (κ1) is 21.0. The Morgan fingerprint density at radius 3 is 2.65 bits per heavy atom. The number of carboxylic acid groups (broad SMARTS) is 1. The van der Waals surface area contributed by atoms with E-state index < -0.39 is 32.5 Å². The van der Waals surface area contributed by atoms with Gasteiger partial charge in [0, 0.05) is 12.0 Å². The number of nitrogens with zero attached hydrogens (tertiary/aromatic N) is 3. The van der Waals surface area contributed by atoms with Crippen LogP contribution in [-0.2, 0) is 37.0 Å². The summed E-state index contributed by atoms with van der Waals surface area (Å²) in [7, 11) is -2.44. The maximum Gasteiger partial charge on any atom is 0.352 e. The molecule has 3 heterocycles. The Bertz CT molecular complexity index is 1130. The van der Waals surface area contributed by atoms with Crippen LogP contribution in [-0.4, -0.2) is 70.2 Å². The summed E-state index contributed by atoms with van der Waals surface area (Å²) in [6, 6.07) is 7.23. The number of nitrogens with one attached hydrogen (secondary N) is 1. The number of ether oxygens (including phenoxy) is 2. The predicted molar refractivity (Wildman–Crippen MR) is 105 cm³/mol. The van der Waals surface area contributed by atoms with E-state index in [9.17, 15) is 23.1 Å². The number of aromatic nitrogens is 3. The molecule has 2 aromatic rings. The van der Waals surface area contributed by atoms with Crippen LogP contribution in [0.15, 0.2) is 41.7 Å². The molecule has 2 atom stereocenters. The van der Waals surface area contributed by atoms with Gasteiger partial charge in [0.15, 0.2) is 10.8 Å². The highest BCUT2D eigenvalue weighted by Gasteiger charge is 2.57. The van der Waals surface area contributed by atoms with Gasteiger partial charge in [-0.2, -0.15) is 15.4 Å². The van der Waals surface area contributed by atoms with Crippen molar-refractivity contribution < 1.29 is 32.6 Å². The van der Waals surface area contributed by atoms with E-state index in [0.717, 1.165) is 10.5 Å². The lowest BCUT2D eigenvalue weighted by molar-refractivity contribution is -0.146. The zero-order chi connectivity index (χ0) is 22.2. The molecule has 1 aromatic carbocycles. The van der Waals surface area contributed by atoms with Crippen LogP contribution < -0.4 is 4.74 Å². The number of hydrogen-bond donors (Lipinski definition) is 2. The first-order valence-corrected chi connectivity index (χ1v) is 11.0. The molecular formula is C19H20N4O7S. The number of amides is 1. The lowest BCUT2D eigenvalue weighted by Crippen LogP contribution is -2.63. The van der Waals surface area contributed by atoms with Crippen LogP contribution in [0.25, 0.3) is 0 Å². The number of aromatic amines is 1. The molecular weight excluding hydrogens is 428 g/mol. The summed E-state index contributed by atoms with van der Waals surface area (Å²) >= 11 is 0. The van der Waals surface area contributed by atoms with Crippen molar-refractivity contribution in [2.24, 2.45) is 0 Å². The number of rotatable bonds is 8. The van der Waals surface area contributed by atoms with Crippen molar-refractivity contribution >= 4 is 21.7 Å². The average Bonchev–Trinajstić information content (AvgIpc) is 3.24. The molecule has 2 aliphatic rings. The third-order valence-electron chi connectivity index (χ3n) is 5.27. The van der Waals surface area contributed by atoms with Gasteiger partial charge in [-0.15, -0.1) is 0 Å². The molecule has 2 N–H and O–H groups in total. The Hall–Kier alpha value is -3.25. The van der Waals surface area contributed by atoms with Crippen molar-refractivity contribution in [3.05, 3.63) is 53.0 Å². The monoisotopic (exact) mass is 448 g/mol. The maximum atomic E-state index is 13.1. The van der Waals surface area contributed by atoms with Gasteiger partial charge in [-0.3, -0.25) is 9.69 Å². The summed E-state index contributed by atoms with van der Waals surface area (Å²) < 4.78 is 37.2. The number of methoxy groups -OCH3 is 1. The van der Waals surface area contributed by atoms with Crippen LogP contribution >= 0.6 is 0 Å². The summed E-state index contributed by atoms with van der Waals surface area (Å²) in [6.07, 6.45) is 1.36. The standard InChI is InChI=1S/C19H20N4O7S/c1-29-13-4-2-11(3-5-13)6-7-30-19-14(8-12-10-20-22-21-12)17(18(25)26)23-15(24)9-16(23)31(19,27)28/h2-5,10,16,19H,6-9H2,1H3,(H,25,26)(H,20,21,22)/t16-,19?/m1/s1. The van der Waals surface area contributed by atoms with E-state index in [4.69, 9.17) is 9.47 Å². The van der Waals surface area contributed by atoms with Gasteiger partial charge >= 0.3 is 5.97 Å². The molecule has 12 heteroatoms. The minimum absolute atomic E-state index is 0.0338. The first-order chi connectivity index (χ1) is 14.8. The van der Waals surface area contributed by atoms with Gasteiger partial charge in [0.1, 0.15) is 11.4 Å². The average molecular weight is 448 g/mol. The van der Waals surface area contributed by atoms with Gasteiger partial charge in [0.25, 0.3) is 0 Å². The molecule has 0 bridgehead atoms. The van der Waals surface area contributed by atoms with Gasteiger partial charge < -0.3 is 14.6 Å². The van der Waals surface area contributed by atoms with Crippen molar-refractivity contribution in [2.75, 3.05) is 13.7 Å². The van der Waals surface area contributed by atoms with Crippen molar-refractivity contribution in [1.29, 1.82) is 0 Å². The second-order valence-electron chi connectivity index (χ2n) is 7.13. The minimum atomic E-state index is -4.00. The third-order valence-corrected chi connectivity index (χ3v) is 7.42. The highest BCUT2D eigenvalue weighted by molar-refractivity contribution is 7.92. The van der Waals surface area contributed by atoms with Crippen molar-refractivity contribution in [2.45, 2.75) is 30.1 Å². The number of fused-ring (bicyclic) bond motifs is 1. The molecule has 1 unspecified atom stereocenters. The Morgan fingerprint density at radius 2 is 2.06 bits per heavy atom. The van der Waals surface area contributed by atoms with Gasteiger partial charge in [0.2, 0.25) is 15.7 Å². The molecule has 2 aliphatic heterocycles. The lowest BCUT2D eigenvalue weighted by Gasteiger charge is -2.46. The largest absolute Gasteiger partial charge is 0.497 e. The Labute approximate surface area is 177 Å². The van der Waals surface area contributed by atoms with E-state index in [1.165, 1.54) is 6.20 Å². The number of sulfone groups is 1. The number of β-lactam (4-membered cyclic amide) rings is 1. The summed E-state index contributed by atoms with van der Waals surface area (Å²) in [4.78, 5) is 24.9. The molecule has 0 saturated carbocycles. The Balaban J connectivity index is 1.64. The number of carbonyl (C=O) groups is 2. The summed E-state index contributed by atoms with van der Waals surface area (Å²) in [5.41, 5.74) is -0.675. The van der Waals surface area contributed by atoms with Crippen molar-refractivity contribution in [1.82, 2.24) is 20.3 Å². The van der Waals surface area contributed by atoms with Crippen LogP contribution in [0.3, 0.4) is 0 Å². The molecule has 0 aliphatic carbocycles. The summed E-state index contributed by atoms with van der Waals surface area (Å²) in [6.45, 7) is 0.0338. The van der Waals surface area contributed by atoms with E-state index in [-0.39, 0.29) is 30.7 Å². The molecule has 0 radical (unpaired) electrons. The molecule has 11 nitrogen and oxygen atoms in total. The number of carbonyl (C=O) groups excluding carboxylic acids is 1. The van der Waals surface area contributed by atoms with E-state index in [0.29, 0.717) is 17.9 Å². The zero-order valence-corrected chi connectivity index (χ0v) is 17.3. The summed E-state index contributed by atoms with van der Waals surface area (Å²) in [5, 5.41) is 18.5. The fourth-order valence-corrected chi connectivity index (χ4v) is 5.77. The zero-order valence-electron chi connectivity index (χ0n) is 16.5. The Morgan fingerprint density at radius 1 is 1.32 bits per heavy atom. The van der Waals surface area contributed by atoms with Gasteiger partial charge in [-0.05, 0) is 24.1 Å². The number of hydrogen-bond acceptors (Lipinski definition) is 8. The van der Waals surface area contributed by atoms with Crippen LogP contribution in [0, 0.1) is 0 Å². The van der Waals surface area contributed by atoms with Crippen molar-refractivity contribution in [3.63, 3.8) is 0 Å². The molecule has 164 valence electrons. The third kappa shape index (κ3) is 3.79. The molecule has 1 aromatic heterocycles. The van der Waals surface area contributed by atoms with Crippen LogP contribution in [0.4, 0.5) is 0 Å². The van der Waals surface area contributed by atoms with E-state index in [1.807, 2.05) is 12.1 Å². The van der Waals surface area contributed by atoms with Gasteiger partial charge in [-0.25, -0.2) is 13.2 Å². The maximum absolute atomic E-state index is 13.1. The van der Waals surface area contributed by atoms with Crippen LogP contribution in [0.5, 0.6) is 5.75 Å². The SMILES string of the molecule is COc1ccc(CCOC2C(Cc3cn[nH]n3)=C(C(=O)O)N3C(=O)C[C@H]3S2(=O)=O)cc1. The summed E-state index contributed by atoms with van der Waals surface area (Å²) in [5.74, 6) is -1.26. The second-order valence-corrected chi connectivity index (χ2v) is 9.28. The van der Waals surface area contributed by atoms with Crippen molar-refractivity contribution in [3.8, 4) is 5.75 Å².